The Bertz CT molecular complexity index is 2430. The third-order valence-corrected chi connectivity index (χ3v) is 9.76. The number of rotatable bonds is 16. The molecule has 2 heterocycles. The molecule has 0 radical (unpaired) electrons. The first-order chi connectivity index (χ1) is 27.9. The molecule has 0 unspecified atom stereocenters. The van der Waals surface area contributed by atoms with E-state index < -0.39 is 42.0 Å². The summed E-state index contributed by atoms with van der Waals surface area (Å²) in [6.07, 6.45) is 3.17. The van der Waals surface area contributed by atoms with E-state index in [0.717, 1.165) is 49.6 Å². The number of amides is 3. The average Bonchev–Trinajstić information content (AvgIpc) is 3.86. The molecular formula is C46H43N5O6. The monoisotopic (exact) mass is 761 g/mol. The summed E-state index contributed by atoms with van der Waals surface area (Å²) >= 11 is 0. The van der Waals surface area contributed by atoms with Crippen LogP contribution in [-0.2, 0) is 56.3 Å². The van der Waals surface area contributed by atoms with Crippen molar-refractivity contribution in [3.8, 4) is 0 Å². The first kappa shape index (κ1) is 38.1. The molecule has 7 aromatic rings. The lowest BCUT2D eigenvalue weighted by atomic mass is 10.0. The predicted molar refractivity (Wildman–Crippen MR) is 218 cm³/mol. The van der Waals surface area contributed by atoms with Crippen LogP contribution in [-0.4, -0.2) is 52.0 Å². The zero-order valence-corrected chi connectivity index (χ0v) is 31.2. The second-order valence-corrected chi connectivity index (χ2v) is 13.8. The van der Waals surface area contributed by atoms with Crippen LogP contribution < -0.4 is 16.0 Å². The van der Waals surface area contributed by atoms with Crippen LogP contribution in [0.2, 0.25) is 0 Å². The number of nitrogens with one attached hydrogen (secondary N) is 5. The van der Waals surface area contributed by atoms with Gasteiger partial charge in [0, 0.05) is 53.5 Å². The number of benzene rings is 5. The first-order valence-electron chi connectivity index (χ1n) is 18.8. The topological polar surface area (TPSA) is 154 Å². The molecule has 5 aromatic carbocycles. The molecule has 5 N–H and O–H groups in total. The molecule has 0 saturated heterocycles. The SMILES string of the molecule is O=C(N[C@H](Cc1c[nH]c2ccccc12)C(=O)N[C@@H](Cc1ccccc1)C(=O)N[C@H](Cc1c[nH]c2ccccc12)C(=O)OCc1ccccc1)OCc1ccccc1. The Morgan fingerprint density at radius 2 is 0.877 bits per heavy atom. The van der Waals surface area contributed by atoms with Crippen molar-refractivity contribution < 1.29 is 28.7 Å². The summed E-state index contributed by atoms with van der Waals surface area (Å²) in [5, 5.41) is 10.4. The van der Waals surface area contributed by atoms with Crippen molar-refractivity contribution in [3.63, 3.8) is 0 Å². The smallest absolute Gasteiger partial charge is 0.408 e. The fourth-order valence-corrected chi connectivity index (χ4v) is 6.78. The van der Waals surface area contributed by atoms with Gasteiger partial charge in [-0.25, -0.2) is 9.59 Å². The Morgan fingerprint density at radius 1 is 0.456 bits per heavy atom. The second-order valence-electron chi connectivity index (χ2n) is 13.8. The molecule has 0 saturated carbocycles. The van der Waals surface area contributed by atoms with Crippen molar-refractivity contribution >= 4 is 45.7 Å². The van der Waals surface area contributed by atoms with Crippen LogP contribution in [0.3, 0.4) is 0 Å². The van der Waals surface area contributed by atoms with E-state index >= 15 is 0 Å². The maximum absolute atomic E-state index is 14.4. The zero-order chi connectivity index (χ0) is 39.4. The van der Waals surface area contributed by atoms with E-state index in [-0.39, 0.29) is 32.5 Å². The van der Waals surface area contributed by atoms with Gasteiger partial charge in [0.25, 0.3) is 0 Å². The van der Waals surface area contributed by atoms with Gasteiger partial charge in [-0.15, -0.1) is 0 Å². The number of hydrogen-bond acceptors (Lipinski definition) is 6. The van der Waals surface area contributed by atoms with Crippen molar-refractivity contribution in [1.82, 2.24) is 25.9 Å². The predicted octanol–water partition coefficient (Wildman–Crippen LogP) is 6.69. The largest absolute Gasteiger partial charge is 0.459 e. The van der Waals surface area contributed by atoms with Crippen LogP contribution in [0.5, 0.6) is 0 Å². The lowest BCUT2D eigenvalue weighted by Crippen LogP contribution is -2.57. The van der Waals surface area contributed by atoms with Gasteiger partial charge in [0.05, 0.1) is 0 Å². The fraction of sp³-hybridized carbons (Fsp3) is 0.174. The molecule has 0 aliphatic heterocycles. The lowest BCUT2D eigenvalue weighted by Gasteiger charge is -2.25. The van der Waals surface area contributed by atoms with Crippen LogP contribution in [0.15, 0.2) is 152 Å². The Kier molecular flexibility index (Phi) is 12.4. The maximum atomic E-state index is 14.4. The van der Waals surface area contributed by atoms with E-state index in [9.17, 15) is 19.2 Å². The maximum Gasteiger partial charge on any atom is 0.408 e. The van der Waals surface area contributed by atoms with Crippen molar-refractivity contribution in [2.75, 3.05) is 0 Å². The molecule has 0 aliphatic rings. The molecule has 0 aliphatic carbocycles. The highest BCUT2D eigenvalue weighted by molar-refractivity contribution is 5.94. The number of esters is 1. The van der Waals surface area contributed by atoms with Crippen molar-refractivity contribution in [1.29, 1.82) is 0 Å². The lowest BCUT2D eigenvalue weighted by molar-refractivity contribution is -0.149. The number of aromatic nitrogens is 2. The summed E-state index contributed by atoms with van der Waals surface area (Å²) in [5.41, 5.74) is 5.73. The van der Waals surface area contributed by atoms with Gasteiger partial charge in [-0.2, -0.15) is 0 Å². The molecular weight excluding hydrogens is 719 g/mol. The summed E-state index contributed by atoms with van der Waals surface area (Å²) in [6, 6.07) is 39.8. The molecule has 0 spiro atoms. The van der Waals surface area contributed by atoms with E-state index in [4.69, 9.17) is 9.47 Å². The van der Waals surface area contributed by atoms with Crippen LogP contribution in [0, 0.1) is 0 Å². The zero-order valence-electron chi connectivity index (χ0n) is 31.2. The first-order valence-corrected chi connectivity index (χ1v) is 18.8. The highest BCUT2D eigenvalue weighted by Crippen LogP contribution is 2.21. The van der Waals surface area contributed by atoms with Gasteiger partial charge in [0.1, 0.15) is 31.3 Å². The molecule has 3 atom stereocenters. The molecule has 11 heteroatoms. The summed E-state index contributed by atoms with van der Waals surface area (Å²) in [4.78, 5) is 62.2. The third-order valence-electron chi connectivity index (χ3n) is 9.76. The van der Waals surface area contributed by atoms with Crippen LogP contribution in [0.25, 0.3) is 21.8 Å². The standard InChI is InChI=1S/C46H43N5O6/c52-43(50-42(45(54)56-29-32-16-6-2-7-17-32)26-35-28-48-39-23-13-11-21-37(35)39)40(24-31-14-4-1-5-15-31)49-44(53)41(25-34-27-47-38-22-12-10-20-36(34)38)51-46(55)57-30-33-18-8-3-9-19-33/h1-23,27-28,40-42,47-48H,24-26,29-30H2,(H,49,53)(H,50,52)(H,51,55)/t40-,41+,42+/m0/s1. The number of aromatic amines is 2. The summed E-state index contributed by atoms with van der Waals surface area (Å²) < 4.78 is 11.3. The van der Waals surface area contributed by atoms with Crippen LogP contribution >= 0.6 is 0 Å². The number of H-pyrrole nitrogens is 2. The number of alkyl carbamates (subject to hydrolysis) is 1. The summed E-state index contributed by atoms with van der Waals surface area (Å²) in [5.74, 6) is -1.82. The molecule has 0 fully saturated rings. The van der Waals surface area contributed by atoms with Crippen LogP contribution in [0.1, 0.15) is 27.8 Å². The Balaban J connectivity index is 1.14. The van der Waals surface area contributed by atoms with Crippen molar-refractivity contribution in [2.24, 2.45) is 0 Å². The second kappa shape index (κ2) is 18.5. The Labute approximate surface area is 329 Å². The number of carbonyl (C=O) groups excluding carboxylic acids is 4. The molecule has 11 nitrogen and oxygen atoms in total. The third kappa shape index (κ3) is 10.1. The number of ether oxygens (including phenoxy) is 2. The minimum atomic E-state index is -1.14. The summed E-state index contributed by atoms with van der Waals surface area (Å²) in [7, 11) is 0. The number of fused-ring (bicyclic) bond motifs is 2. The summed E-state index contributed by atoms with van der Waals surface area (Å²) in [6.45, 7) is 0.0248. The van der Waals surface area contributed by atoms with Gasteiger partial charge in [0.15, 0.2) is 0 Å². The van der Waals surface area contributed by atoms with E-state index in [1.807, 2.05) is 146 Å². The Morgan fingerprint density at radius 3 is 1.42 bits per heavy atom. The normalized spacial score (nSPS) is 12.6. The van der Waals surface area contributed by atoms with Gasteiger partial charge in [-0.1, -0.05) is 127 Å². The molecule has 288 valence electrons. The van der Waals surface area contributed by atoms with Gasteiger partial charge < -0.3 is 35.4 Å². The van der Waals surface area contributed by atoms with E-state index in [1.54, 1.807) is 6.20 Å². The van der Waals surface area contributed by atoms with Crippen LogP contribution in [0.4, 0.5) is 4.79 Å². The number of hydrogen-bond donors (Lipinski definition) is 5. The quantitative estimate of drug-likeness (QED) is 0.0693. The van der Waals surface area contributed by atoms with Gasteiger partial charge in [-0.05, 0) is 39.9 Å². The fourth-order valence-electron chi connectivity index (χ4n) is 6.78. The molecule has 57 heavy (non-hydrogen) atoms. The number of carbonyl (C=O) groups is 4. The van der Waals surface area contributed by atoms with E-state index in [1.165, 1.54) is 0 Å². The van der Waals surface area contributed by atoms with Crippen molar-refractivity contribution in [3.05, 3.63) is 180 Å². The average molecular weight is 762 g/mol. The number of para-hydroxylation sites is 2. The van der Waals surface area contributed by atoms with E-state index in [0.29, 0.717) is 0 Å². The highest BCUT2D eigenvalue weighted by atomic mass is 16.5. The minimum Gasteiger partial charge on any atom is -0.459 e. The minimum absolute atomic E-state index is 0.00528. The van der Waals surface area contributed by atoms with Gasteiger partial charge in [0.2, 0.25) is 11.8 Å². The Hall–Kier alpha value is -7.14. The molecule has 3 amide bonds. The van der Waals surface area contributed by atoms with Crippen molar-refractivity contribution in [2.45, 2.75) is 50.6 Å². The highest BCUT2D eigenvalue weighted by Gasteiger charge is 2.32. The van der Waals surface area contributed by atoms with Gasteiger partial charge >= 0.3 is 12.1 Å². The van der Waals surface area contributed by atoms with Gasteiger partial charge in [-0.3, -0.25) is 9.59 Å². The molecule has 2 aromatic heterocycles. The van der Waals surface area contributed by atoms with E-state index in [2.05, 4.69) is 25.9 Å². The molecule has 0 bridgehead atoms. The molecule has 7 rings (SSSR count).